The van der Waals surface area contributed by atoms with E-state index in [0.29, 0.717) is 42.5 Å². The van der Waals surface area contributed by atoms with Crippen LogP contribution in [-0.4, -0.2) is 47.5 Å². The number of nitrogens with zero attached hydrogens (tertiary/aromatic N) is 3. The van der Waals surface area contributed by atoms with Crippen LogP contribution in [0.5, 0.6) is 0 Å². The zero-order valence-corrected chi connectivity index (χ0v) is 17.0. The van der Waals surface area contributed by atoms with E-state index in [1.165, 1.54) is 11.1 Å². The Morgan fingerprint density at radius 1 is 1.13 bits per heavy atom. The Kier molecular flexibility index (Phi) is 6.47. The summed E-state index contributed by atoms with van der Waals surface area (Å²) < 4.78 is 53.5. The molecule has 0 unspecified atom stereocenters. The van der Waals surface area contributed by atoms with E-state index in [4.69, 9.17) is 0 Å². The fourth-order valence-corrected chi connectivity index (χ4v) is 3.32. The van der Waals surface area contributed by atoms with E-state index < -0.39 is 29.0 Å². The van der Waals surface area contributed by atoms with Crippen LogP contribution in [0.15, 0.2) is 36.5 Å². The molecular weight excluding hydrogens is 416 g/mol. The van der Waals surface area contributed by atoms with Crippen molar-refractivity contribution in [3.63, 3.8) is 0 Å². The van der Waals surface area contributed by atoms with Crippen molar-refractivity contribution in [2.45, 2.75) is 32.5 Å². The molecule has 1 aliphatic rings. The molecule has 1 aliphatic heterocycles. The summed E-state index contributed by atoms with van der Waals surface area (Å²) >= 11 is 0. The Morgan fingerprint density at radius 3 is 2.48 bits per heavy atom. The topological polar surface area (TPSA) is 65.5 Å². The van der Waals surface area contributed by atoms with Crippen LogP contribution in [-0.2, 0) is 6.18 Å². The van der Waals surface area contributed by atoms with Crippen LogP contribution < -0.4 is 10.2 Å². The summed E-state index contributed by atoms with van der Waals surface area (Å²) in [7, 11) is 0. The Hall–Kier alpha value is -3.17. The minimum absolute atomic E-state index is 0.00280. The maximum absolute atomic E-state index is 13.6. The van der Waals surface area contributed by atoms with Gasteiger partial charge in [0.15, 0.2) is 0 Å². The highest BCUT2D eigenvalue weighted by molar-refractivity contribution is 5.96. The number of hydrogen-bond acceptors (Lipinski definition) is 4. The van der Waals surface area contributed by atoms with E-state index in [-0.39, 0.29) is 25.2 Å². The number of benzene rings is 1. The Labute approximate surface area is 176 Å². The number of carbonyl (C=O) groups is 2. The maximum atomic E-state index is 13.6. The van der Waals surface area contributed by atoms with Crippen LogP contribution in [0.1, 0.15) is 46.5 Å². The van der Waals surface area contributed by atoms with Crippen molar-refractivity contribution in [3.05, 3.63) is 59.0 Å². The zero-order chi connectivity index (χ0) is 22.8. The number of aromatic nitrogens is 1. The Bertz CT molecular complexity index is 961. The third-order valence-corrected chi connectivity index (χ3v) is 4.76. The lowest BCUT2D eigenvalue weighted by molar-refractivity contribution is -0.138. The van der Waals surface area contributed by atoms with Crippen molar-refractivity contribution in [1.29, 1.82) is 0 Å². The molecule has 0 aliphatic carbocycles. The van der Waals surface area contributed by atoms with Gasteiger partial charge >= 0.3 is 6.18 Å². The summed E-state index contributed by atoms with van der Waals surface area (Å²) in [6.07, 6.45) is -2.87. The third kappa shape index (κ3) is 5.31. The number of carbonyl (C=O) groups excluding carboxylic acids is 2. The minimum atomic E-state index is -4.78. The summed E-state index contributed by atoms with van der Waals surface area (Å²) in [5.74, 6) is -1.60. The van der Waals surface area contributed by atoms with Gasteiger partial charge in [-0.1, -0.05) is 0 Å². The average molecular weight is 438 g/mol. The van der Waals surface area contributed by atoms with Gasteiger partial charge in [0.25, 0.3) is 11.8 Å². The first-order valence-corrected chi connectivity index (χ1v) is 9.74. The number of halogens is 4. The summed E-state index contributed by atoms with van der Waals surface area (Å²) in [5, 5.41) is 2.75. The Morgan fingerprint density at radius 2 is 1.87 bits per heavy atom. The molecule has 0 spiro atoms. The van der Waals surface area contributed by atoms with Gasteiger partial charge in [-0.05, 0) is 50.6 Å². The molecular formula is C21H22F4N4O2. The second-order valence-corrected chi connectivity index (χ2v) is 7.55. The largest absolute Gasteiger partial charge is 0.417 e. The van der Waals surface area contributed by atoms with Gasteiger partial charge in [0, 0.05) is 25.3 Å². The average Bonchev–Trinajstić information content (AvgIpc) is 2.72. The first kappa shape index (κ1) is 22.5. The highest BCUT2D eigenvalue weighted by Gasteiger charge is 2.37. The molecule has 0 atom stereocenters. The van der Waals surface area contributed by atoms with Crippen LogP contribution >= 0.6 is 0 Å². The lowest BCUT2D eigenvalue weighted by Crippen LogP contribution is -2.48. The van der Waals surface area contributed by atoms with Crippen LogP contribution in [0.25, 0.3) is 0 Å². The molecule has 3 rings (SSSR count). The number of alkyl halides is 3. The molecule has 0 bridgehead atoms. The molecule has 1 aromatic heterocycles. The predicted molar refractivity (Wildman–Crippen MR) is 106 cm³/mol. The van der Waals surface area contributed by atoms with Gasteiger partial charge in [-0.2, -0.15) is 13.2 Å². The van der Waals surface area contributed by atoms with E-state index in [2.05, 4.69) is 10.3 Å². The number of amides is 2. The molecule has 166 valence electrons. The highest BCUT2D eigenvalue weighted by atomic mass is 19.4. The fourth-order valence-electron chi connectivity index (χ4n) is 3.32. The van der Waals surface area contributed by atoms with Crippen molar-refractivity contribution >= 4 is 17.6 Å². The van der Waals surface area contributed by atoms with E-state index in [1.54, 1.807) is 17.0 Å². The van der Waals surface area contributed by atoms with Gasteiger partial charge < -0.3 is 15.1 Å². The van der Waals surface area contributed by atoms with Crippen LogP contribution in [0.4, 0.5) is 23.4 Å². The lowest BCUT2D eigenvalue weighted by atomic mass is 10.0. The fraction of sp³-hybridized carbons (Fsp3) is 0.381. The molecule has 2 heterocycles. The summed E-state index contributed by atoms with van der Waals surface area (Å²) in [4.78, 5) is 32.0. The van der Waals surface area contributed by atoms with Crippen molar-refractivity contribution in [3.8, 4) is 0 Å². The summed E-state index contributed by atoms with van der Waals surface area (Å²) in [5.41, 5.74) is -1.52. The van der Waals surface area contributed by atoms with Crippen molar-refractivity contribution in [1.82, 2.24) is 15.2 Å². The van der Waals surface area contributed by atoms with Gasteiger partial charge in [0.1, 0.15) is 11.6 Å². The first-order valence-electron chi connectivity index (χ1n) is 9.74. The second kappa shape index (κ2) is 8.91. The second-order valence-electron chi connectivity index (χ2n) is 7.55. The van der Waals surface area contributed by atoms with Gasteiger partial charge in [-0.25, -0.2) is 9.37 Å². The van der Waals surface area contributed by atoms with E-state index in [0.717, 1.165) is 0 Å². The lowest BCUT2D eigenvalue weighted by Gasteiger charge is -2.36. The number of anilines is 1. The number of hydrogen-bond donors (Lipinski definition) is 1. The smallest absolute Gasteiger partial charge is 0.350 e. The molecule has 0 saturated carbocycles. The van der Waals surface area contributed by atoms with Crippen LogP contribution in [0, 0.1) is 5.82 Å². The van der Waals surface area contributed by atoms with E-state index in [1.807, 2.05) is 13.8 Å². The SMILES string of the molecule is CC(C)NC(=O)c1ccc(N2CCCN(C(=O)c3cc(F)ccc3C(F)(F)F)C2)nc1. The van der Waals surface area contributed by atoms with Crippen molar-refractivity contribution in [2.24, 2.45) is 0 Å². The minimum Gasteiger partial charge on any atom is -0.350 e. The molecule has 1 saturated heterocycles. The summed E-state index contributed by atoms with van der Waals surface area (Å²) in [6.45, 7) is 4.43. The Balaban J connectivity index is 1.78. The van der Waals surface area contributed by atoms with E-state index >= 15 is 0 Å². The number of pyridine rings is 1. The van der Waals surface area contributed by atoms with Gasteiger partial charge in [-0.3, -0.25) is 9.59 Å². The maximum Gasteiger partial charge on any atom is 0.417 e. The van der Waals surface area contributed by atoms with E-state index in [9.17, 15) is 27.2 Å². The zero-order valence-electron chi connectivity index (χ0n) is 17.0. The predicted octanol–water partition coefficient (Wildman–Crippen LogP) is 3.69. The molecule has 1 N–H and O–H groups in total. The number of rotatable bonds is 4. The molecule has 2 aromatic rings. The van der Waals surface area contributed by atoms with Crippen molar-refractivity contribution < 1.29 is 27.2 Å². The molecule has 10 heteroatoms. The van der Waals surface area contributed by atoms with Crippen molar-refractivity contribution in [2.75, 3.05) is 24.7 Å². The molecule has 0 radical (unpaired) electrons. The van der Waals surface area contributed by atoms with Crippen LogP contribution in [0.2, 0.25) is 0 Å². The molecule has 6 nitrogen and oxygen atoms in total. The molecule has 1 fully saturated rings. The molecule has 2 amide bonds. The monoisotopic (exact) mass is 438 g/mol. The number of nitrogens with one attached hydrogen (secondary N) is 1. The van der Waals surface area contributed by atoms with Crippen LogP contribution in [0.3, 0.4) is 0 Å². The van der Waals surface area contributed by atoms with Gasteiger partial charge in [0.2, 0.25) is 0 Å². The normalized spacial score (nSPS) is 14.7. The third-order valence-electron chi connectivity index (χ3n) is 4.76. The van der Waals surface area contributed by atoms with Gasteiger partial charge in [-0.15, -0.1) is 0 Å². The van der Waals surface area contributed by atoms with Gasteiger partial charge in [0.05, 0.1) is 23.4 Å². The first-order chi connectivity index (χ1) is 14.6. The summed E-state index contributed by atoms with van der Waals surface area (Å²) in [6, 6.07) is 5.06. The quantitative estimate of drug-likeness (QED) is 0.740. The molecule has 31 heavy (non-hydrogen) atoms. The molecule has 1 aromatic carbocycles. The highest BCUT2D eigenvalue weighted by Crippen LogP contribution is 2.33. The standard InChI is InChI=1S/C21H22F4N4O2/c1-13(2)27-19(30)14-4-7-18(26-11-14)28-8-3-9-29(12-28)20(31)16-10-15(22)5-6-17(16)21(23,24)25/h4-7,10-11,13H,3,8-9,12H2,1-2H3,(H,27,30).